The van der Waals surface area contributed by atoms with E-state index >= 15 is 0 Å². The molecule has 1 N–H and O–H groups in total. The van der Waals surface area contributed by atoms with Crippen LogP contribution in [0.2, 0.25) is 0 Å². The van der Waals surface area contributed by atoms with Crippen molar-refractivity contribution in [3.8, 4) is 0 Å². The van der Waals surface area contributed by atoms with E-state index in [1.165, 1.54) is 24.3 Å². The van der Waals surface area contributed by atoms with Crippen LogP contribution in [-0.2, 0) is 22.1 Å². The molecule has 1 amide bonds. The lowest BCUT2D eigenvalue weighted by Crippen LogP contribution is -2.38. The average molecular weight is 473 g/mol. The highest BCUT2D eigenvalue weighted by atomic mass is 32.2. The van der Waals surface area contributed by atoms with Crippen LogP contribution in [0.1, 0.15) is 34.9 Å². The van der Waals surface area contributed by atoms with Gasteiger partial charge in [-0.2, -0.15) is 4.98 Å². The van der Waals surface area contributed by atoms with Crippen molar-refractivity contribution >= 4 is 15.7 Å². The summed E-state index contributed by atoms with van der Waals surface area (Å²) >= 11 is 0. The summed E-state index contributed by atoms with van der Waals surface area (Å²) in [6.07, 6.45) is 1.84. The van der Waals surface area contributed by atoms with Gasteiger partial charge in [-0.3, -0.25) is 9.69 Å². The predicted octanol–water partition coefficient (Wildman–Crippen LogP) is 2.82. The summed E-state index contributed by atoms with van der Waals surface area (Å²) in [5.74, 6) is -1.18. The lowest BCUT2D eigenvalue weighted by Gasteiger charge is -2.31. The van der Waals surface area contributed by atoms with E-state index in [2.05, 4.69) is 20.4 Å². The Balaban J connectivity index is 1.23. The topological polar surface area (TPSA) is 105 Å². The molecule has 1 aliphatic rings. The van der Waals surface area contributed by atoms with E-state index in [0.29, 0.717) is 12.5 Å². The molecule has 0 radical (unpaired) electrons. The van der Waals surface area contributed by atoms with Crippen molar-refractivity contribution in [3.05, 3.63) is 77.7 Å². The summed E-state index contributed by atoms with van der Waals surface area (Å²) in [6.45, 7) is 3.03. The molecule has 10 heteroatoms. The van der Waals surface area contributed by atoms with E-state index in [9.17, 15) is 17.6 Å². The van der Waals surface area contributed by atoms with Gasteiger partial charge in [0.15, 0.2) is 15.7 Å². The van der Waals surface area contributed by atoms with E-state index < -0.39 is 21.5 Å². The number of rotatable bonds is 8. The Morgan fingerprint density at radius 3 is 2.48 bits per heavy atom. The van der Waals surface area contributed by atoms with Gasteiger partial charge in [-0.25, -0.2) is 12.8 Å². The first kappa shape index (κ1) is 23.1. The van der Waals surface area contributed by atoms with Gasteiger partial charge in [0.2, 0.25) is 0 Å². The highest BCUT2D eigenvalue weighted by Crippen LogP contribution is 2.19. The number of nitrogens with zero attached hydrogens (tertiary/aromatic N) is 3. The van der Waals surface area contributed by atoms with E-state index in [-0.39, 0.29) is 22.4 Å². The SMILES string of the molecule is O=C(NCC1CCN(Cc2ccc(F)cc2)CC1)c1nc(CS(=O)(=O)c2ccccc2)no1. The molecule has 0 atom stereocenters. The summed E-state index contributed by atoms with van der Waals surface area (Å²) in [5.41, 5.74) is 1.07. The highest BCUT2D eigenvalue weighted by Gasteiger charge is 2.23. The maximum Gasteiger partial charge on any atom is 0.315 e. The van der Waals surface area contributed by atoms with Crippen LogP contribution in [0, 0.1) is 11.7 Å². The quantitative estimate of drug-likeness (QED) is 0.537. The van der Waals surface area contributed by atoms with Crippen LogP contribution >= 0.6 is 0 Å². The minimum absolute atomic E-state index is 0.0573. The van der Waals surface area contributed by atoms with Gasteiger partial charge in [0.1, 0.15) is 11.6 Å². The number of hydrogen-bond acceptors (Lipinski definition) is 7. The molecule has 0 unspecified atom stereocenters. The molecule has 1 saturated heterocycles. The molecule has 2 aromatic carbocycles. The minimum Gasteiger partial charge on any atom is -0.348 e. The van der Waals surface area contributed by atoms with E-state index in [0.717, 1.165) is 38.0 Å². The number of carbonyl (C=O) groups is 1. The van der Waals surface area contributed by atoms with Gasteiger partial charge in [-0.05, 0) is 61.7 Å². The fourth-order valence-electron chi connectivity index (χ4n) is 3.80. The van der Waals surface area contributed by atoms with Crippen molar-refractivity contribution in [3.63, 3.8) is 0 Å². The summed E-state index contributed by atoms with van der Waals surface area (Å²) in [5, 5.41) is 6.44. The molecule has 33 heavy (non-hydrogen) atoms. The Morgan fingerprint density at radius 2 is 1.79 bits per heavy atom. The number of sulfone groups is 1. The van der Waals surface area contributed by atoms with E-state index in [1.807, 2.05) is 0 Å². The summed E-state index contributed by atoms with van der Waals surface area (Å²) < 4.78 is 42.9. The number of hydrogen-bond donors (Lipinski definition) is 1. The molecular weight excluding hydrogens is 447 g/mol. The van der Waals surface area contributed by atoms with Gasteiger partial charge < -0.3 is 9.84 Å². The molecule has 1 fully saturated rings. The number of amides is 1. The van der Waals surface area contributed by atoms with Crippen LogP contribution in [0.4, 0.5) is 4.39 Å². The monoisotopic (exact) mass is 472 g/mol. The van der Waals surface area contributed by atoms with E-state index in [4.69, 9.17) is 4.52 Å². The smallest absolute Gasteiger partial charge is 0.315 e. The molecule has 0 aliphatic carbocycles. The Hall–Kier alpha value is -3.11. The van der Waals surface area contributed by atoms with E-state index in [1.54, 1.807) is 30.3 Å². The molecule has 3 aromatic rings. The number of benzene rings is 2. The zero-order chi connectivity index (χ0) is 23.3. The lowest BCUT2D eigenvalue weighted by molar-refractivity contribution is 0.0891. The third-order valence-corrected chi connectivity index (χ3v) is 7.29. The number of carbonyl (C=O) groups excluding carboxylic acids is 1. The number of nitrogens with one attached hydrogen (secondary N) is 1. The number of piperidine rings is 1. The first-order valence-corrected chi connectivity index (χ1v) is 12.4. The lowest BCUT2D eigenvalue weighted by atomic mass is 9.96. The zero-order valence-electron chi connectivity index (χ0n) is 18.0. The second-order valence-electron chi connectivity index (χ2n) is 8.14. The second-order valence-corrected chi connectivity index (χ2v) is 10.1. The molecule has 8 nitrogen and oxygen atoms in total. The standard InChI is InChI=1S/C23H25FN4O4S/c24-19-8-6-18(7-9-19)15-28-12-10-17(11-13-28)14-25-22(29)23-26-21(27-32-23)16-33(30,31)20-4-2-1-3-5-20/h1-9,17H,10-16H2,(H,25,29). The van der Waals surface area contributed by atoms with Gasteiger partial charge in [0, 0.05) is 13.1 Å². The first-order chi connectivity index (χ1) is 15.9. The van der Waals surface area contributed by atoms with Crippen molar-refractivity contribution in [2.24, 2.45) is 5.92 Å². The van der Waals surface area contributed by atoms with Crippen LogP contribution in [0.25, 0.3) is 0 Å². The third kappa shape index (κ3) is 6.23. The first-order valence-electron chi connectivity index (χ1n) is 10.7. The molecule has 1 aliphatic heterocycles. The maximum atomic E-state index is 13.0. The van der Waals surface area contributed by atoms with Crippen LogP contribution in [-0.4, -0.2) is 49.0 Å². The molecule has 0 bridgehead atoms. The average Bonchev–Trinajstić information content (AvgIpc) is 3.28. The molecule has 4 rings (SSSR count). The van der Waals surface area contributed by atoms with Crippen molar-refractivity contribution in [1.82, 2.24) is 20.4 Å². The summed E-state index contributed by atoms with van der Waals surface area (Å²) in [6, 6.07) is 14.5. The van der Waals surface area contributed by atoms with Gasteiger partial charge >= 0.3 is 11.8 Å². The fraction of sp³-hybridized carbons (Fsp3) is 0.348. The van der Waals surface area contributed by atoms with Crippen LogP contribution < -0.4 is 5.32 Å². The Morgan fingerprint density at radius 1 is 1.09 bits per heavy atom. The largest absolute Gasteiger partial charge is 0.348 e. The number of aromatic nitrogens is 2. The molecular formula is C23H25FN4O4S. The zero-order valence-corrected chi connectivity index (χ0v) is 18.8. The molecule has 2 heterocycles. The van der Waals surface area contributed by atoms with Crippen LogP contribution in [0.15, 0.2) is 64.0 Å². The number of likely N-dealkylation sites (tertiary alicyclic amines) is 1. The fourth-order valence-corrected chi connectivity index (χ4v) is 4.99. The summed E-state index contributed by atoms with van der Waals surface area (Å²) in [7, 11) is -3.63. The Bertz CT molecular complexity index is 1170. The second kappa shape index (κ2) is 10.2. The Kier molecular flexibility index (Phi) is 7.14. The maximum absolute atomic E-state index is 13.0. The molecule has 0 spiro atoms. The molecule has 1 aromatic heterocycles. The van der Waals surface area contributed by atoms with Gasteiger partial charge in [-0.15, -0.1) is 0 Å². The minimum atomic E-state index is -3.63. The van der Waals surface area contributed by atoms with Crippen molar-refractivity contribution in [2.45, 2.75) is 30.0 Å². The third-order valence-electron chi connectivity index (χ3n) is 5.66. The number of halogens is 1. The Labute approximate surface area is 191 Å². The van der Waals surface area contributed by atoms with Gasteiger partial charge in [0.05, 0.1) is 4.90 Å². The predicted molar refractivity (Wildman–Crippen MR) is 118 cm³/mol. The van der Waals surface area contributed by atoms with Crippen LogP contribution in [0.5, 0.6) is 0 Å². The van der Waals surface area contributed by atoms with Crippen molar-refractivity contribution < 1.29 is 22.1 Å². The van der Waals surface area contributed by atoms with Crippen molar-refractivity contribution in [2.75, 3.05) is 19.6 Å². The normalized spacial score (nSPS) is 15.4. The molecule has 0 saturated carbocycles. The summed E-state index contributed by atoms with van der Waals surface area (Å²) in [4.78, 5) is 18.8. The van der Waals surface area contributed by atoms with Gasteiger partial charge in [-0.1, -0.05) is 35.5 Å². The van der Waals surface area contributed by atoms with Crippen molar-refractivity contribution in [1.29, 1.82) is 0 Å². The highest BCUT2D eigenvalue weighted by molar-refractivity contribution is 7.90. The van der Waals surface area contributed by atoms with Gasteiger partial charge in [0.25, 0.3) is 0 Å². The molecule has 174 valence electrons. The van der Waals surface area contributed by atoms with Crippen LogP contribution in [0.3, 0.4) is 0 Å².